The van der Waals surface area contributed by atoms with Crippen molar-refractivity contribution < 1.29 is 41.5 Å². The van der Waals surface area contributed by atoms with Crippen molar-refractivity contribution in [2.45, 2.75) is 13.3 Å². The Morgan fingerprint density at radius 1 is 1.33 bits per heavy atom. The molecule has 0 aromatic rings. The first-order valence-corrected chi connectivity index (χ1v) is 8.54. The third kappa shape index (κ3) is 65.9. The second-order valence-corrected chi connectivity index (χ2v) is 8.68. The van der Waals surface area contributed by atoms with Crippen LogP contribution in [0.2, 0.25) is 0 Å². The van der Waals surface area contributed by atoms with Gasteiger partial charge in [-0.2, -0.15) is 0 Å². The first-order chi connectivity index (χ1) is 3.65. The summed E-state index contributed by atoms with van der Waals surface area (Å²) in [5, 5.41) is 7.88. The molecule has 1 N–H and O–H groups in total. The molecule has 0 bridgehead atoms. The monoisotopic (exact) mass is 261 g/mol. The molecule has 0 aromatic carbocycles. The average molecular weight is 262 g/mol. The van der Waals surface area contributed by atoms with Gasteiger partial charge in [0.25, 0.3) is 0 Å². The quantitative estimate of drug-likeness (QED) is 0.720. The van der Waals surface area contributed by atoms with Crippen LogP contribution in [-0.2, 0) is 36.4 Å². The zero-order chi connectivity index (χ0) is 6.99. The van der Waals surface area contributed by atoms with Gasteiger partial charge in [-0.25, -0.2) is 0 Å². The van der Waals surface area contributed by atoms with E-state index >= 15 is 0 Å². The van der Waals surface area contributed by atoms with Crippen LogP contribution in [0.5, 0.6) is 0 Å². The van der Waals surface area contributed by atoms with Gasteiger partial charge in [0.05, 0.1) is 0 Å². The third-order valence-electron chi connectivity index (χ3n) is 0.224. The van der Waals surface area contributed by atoms with Gasteiger partial charge in [0.1, 0.15) is 0 Å². The number of rotatable bonds is 1. The second kappa shape index (κ2) is 16.7. The molecule has 0 amide bonds. The van der Waals surface area contributed by atoms with Gasteiger partial charge >= 0.3 is 42.6 Å². The van der Waals surface area contributed by atoms with Crippen LogP contribution in [0.3, 0.4) is 0 Å². The molecule has 0 unspecified atom stereocenters. The Balaban J connectivity index is -0.0000000720. The summed E-state index contributed by atoms with van der Waals surface area (Å²) in [6.07, 6.45) is 0.875. The van der Waals surface area contributed by atoms with E-state index in [1.54, 1.807) is 0 Å². The smallest absolute Gasteiger partial charge is 0 e. The van der Waals surface area contributed by atoms with Crippen molar-refractivity contribution in [3.05, 3.63) is 0 Å². The first kappa shape index (κ1) is 17.4. The van der Waals surface area contributed by atoms with Crippen molar-refractivity contribution in [1.82, 2.24) is 0 Å². The maximum atomic E-state index is 7.88. The number of halogens is 3. The van der Waals surface area contributed by atoms with E-state index in [9.17, 15) is 0 Å². The summed E-state index contributed by atoms with van der Waals surface area (Å²) < 4.78 is 0. The minimum absolute atomic E-state index is 0. The van der Waals surface area contributed by atoms with Gasteiger partial charge in [-0.1, -0.05) is 6.92 Å². The maximum absolute atomic E-state index is 7.88. The fourth-order valence-corrected chi connectivity index (χ4v) is 0. The SMILES string of the molecule is CCCO.[Cl][Ti]([Cl])[Cl].[Ti]. The van der Waals surface area contributed by atoms with E-state index in [2.05, 4.69) is 0 Å². The van der Waals surface area contributed by atoms with Crippen molar-refractivity contribution in [2.24, 2.45) is 0 Å². The molecule has 55 valence electrons. The molecular weight excluding hydrogens is 254 g/mol. The molecule has 0 radical (unpaired) electrons. The maximum Gasteiger partial charge on any atom is 0 e. The Labute approximate surface area is 88.4 Å². The molecule has 0 saturated carbocycles. The number of hydrogen-bond acceptors (Lipinski definition) is 1. The van der Waals surface area contributed by atoms with E-state index in [4.69, 9.17) is 33.0 Å². The summed E-state index contributed by atoms with van der Waals surface area (Å²) in [5.41, 5.74) is 0. The normalized spacial score (nSPS) is 6.33. The van der Waals surface area contributed by atoms with E-state index in [1.807, 2.05) is 6.92 Å². The van der Waals surface area contributed by atoms with E-state index in [-0.39, 0.29) is 21.7 Å². The van der Waals surface area contributed by atoms with Crippen molar-refractivity contribution in [1.29, 1.82) is 0 Å². The minimum atomic E-state index is -1.92. The Hall–Kier alpha value is 2.26. The largest absolute Gasteiger partial charge is 0 e. The van der Waals surface area contributed by atoms with Crippen LogP contribution in [0.1, 0.15) is 13.3 Å². The van der Waals surface area contributed by atoms with Crippen LogP contribution in [0.15, 0.2) is 0 Å². The zero-order valence-electron chi connectivity index (χ0n) is 5.00. The summed E-state index contributed by atoms with van der Waals surface area (Å²) in [4.78, 5) is 0. The van der Waals surface area contributed by atoms with Gasteiger partial charge in [-0.15, -0.1) is 0 Å². The topological polar surface area (TPSA) is 20.2 Å². The minimum Gasteiger partial charge on any atom is 0 e. The molecular formula is C3H8Cl3OTi2. The van der Waals surface area contributed by atoms with Gasteiger partial charge in [-0.05, 0) is 6.42 Å². The van der Waals surface area contributed by atoms with Crippen molar-refractivity contribution in [3.8, 4) is 0 Å². The van der Waals surface area contributed by atoms with E-state index in [1.165, 1.54) is 0 Å². The molecule has 6 heteroatoms. The predicted molar refractivity (Wildman–Crippen MR) is 34.9 cm³/mol. The van der Waals surface area contributed by atoms with Crippen LogP contribution in [-0.4, -0.2) is 11.7 Å². The van der Waals surface area contributed by atoms with Crippen LogP contribution >= 0.6 is 27.9 Å². The van der Waals surface area contributed by atoms with Gasteiger partial charge in [0.2, 0.25) is 0 Å². The van der Waals surface area contributed by atoms with Gasteiger partial charge in [0, 0.05) is 28.3 Å². The molecule has 0 aliphatic rings. The van der Waals surface area contributed by atoms with Gasteiger partial charge < -0.3 is 5.11 Å². The summed E-state index contributed by atoms with van der Waals surface area (Å²) in [7, 11) is 14.9. The van der Waals surface area contributed by atoms with E-state index in [0.29, 0.717) is 6.61 Å². The zero-order valence-corrected chi connectivity index (χ0v) is 10.4. The average Bonchev–Trinajstić information content (AvgIpc) is 1.65. The van der Waals surface area contributed by atoms with Crippen molar-refractivity contribution in [2.75, 3.05) is 6.61 Å². The van der Waals surface area contributed by atoms with Gasteiger partial charge in [-0.3, -0.25) is 0 Å². The third-order valence-corrected chi connectivity index (χ3v) is 0.224. The molecule has 0 aromatic heterocycles. The molecule has 0 rings (SSSR count). The van der Waals surface area contributed by atoms with Crippen molar-refractivity contribution >= 4 is 27.9 Å². The molecule has 0 aliphatic carbocycles. The Morgan fingerprint density at radius 3 is 1.44 bits per heavy atom. The predicted octanol–water partition coefficient (Wildman–Crippen LogP) is 2.45. The summed E-state index contributed by atoms with van der Waals surface area (Å²) in [5.74, 6) is 0. The van der Waals surface area contributed by atoms with E-state index < -0.39 is 14.7 Å². The van der Waals surface area contributed by atoms with Crippen LogP contribution in [0.4, 0.5) is 0 Å². The standard InChI is InChI=1S/C3H8O.3ClH.2Ti/c1-2-3-4;;;;;/h4H,2-3H2,1H3;3*1H;;/q;;;;;+3/p-3. The molecule has 0 atom stereocenters. The summed E-state index contributed by atoms with van der Waals surface area (Å²) >= 11 is -1.92. The molecule has 9 heavy (non-hydrogen) atoms. The second-order valence-electron chi connectivity index (χ2n) is 0.938. The molecule has 0 spiro atoms. The summed E-state index contributed by atoms with van der Waals surface area (Å²) in [6.45, 7) is 2.25. The van der Waals surface area contributed by atoms with Gasteiger partial charge in [0.15, 0.2) is 0 Å². The fourth-order valence-electron chi connectivity index (χ4n) is 0. The van der Waals surface area contributed by atoms with Crippen LogP contribution in [0, 0.1) is 0 Å². The number of aliphatic hydroxyl groups excluding tert-OH is 1. The molecule has 0 heterocycles. The summed E-state index contributed by atoms with van der Waals surface area (Å²) in [6, 6.07) is 0. The fraction of sp³-hybridized carbons (Fsp3) is 1.00. The Bertz CT molecular complexity index is 33.5. The molecule has 1 nitrogen and oxygen atoms in total. The van der Waals surface area contributed by atoms with Crippen LogP contribution < -0.4 is 0 Å². The first-order valence-electron chi connectivity index (χ1n) is 2.09. The molecule has 0 saturated heterocycles. The molecule has 0 fully saturated rings. The Morgan fingerprint density at radius 2 is 1.44 bits per heavy atom. The van der Waals surface area contributed by atoms with Crippen LogP contribution in [0.25, 0.3) is 0 Å². The van der Waals surface area contributed by atoms with Crippen molar-refractivity contribution in [3.63, 3.8) is 0 Å². The number of hydrogen-bond donors (Lipinski definition) is 1. The Kier molecular flexibility index (Phi) is 32.2. The molecule has 0 aliphatic heterocycles. The number of aliphatic hydroxyl groups is 1. The van der Waals surface area contributed by atoms with E-state index in [0.717, 1.165) is 6.42 Å².